The predicted octanol–water partition coefficient (Wildman–Crippen LogP) is 4.77. The third kappa shape index (κ3) is 10.7. The number of unbranched alkanes of at least 4 members (excludes halogenated alkanes) is 1. The molecule has 0 aliphatic carbocycles. The van der Waals surface area contributed by atoms with Gasteiger partial charge in [-0.25, -0.2) is 9.78 Å². The lowest BCUT2D eigenvalue weighted by atomic mass is 10.1. The van der Waals surface area contributed by atoms with Crippen molar-refractivity contribution in [3.63, 3.8) is 0 Å². The highest BCUT2D eigenvalue weighted by Crippen LogP contribution is 2.29. The minimum Gasteiger partial charge on any atom is -0.460 e. The van der Waals surface area contributed by atoms with Crippen LogP contribution >= 0.6 is 11.3 Å². The number of carbonyl (C=O) groups is 4. The summed E-state index contributed by atoms with van der Waals surface area (Å²) in [6, 6.07) is 8.52. The average molecular weight is 629 g/mol. The maximum Gasteiger partial charge on any atom is 0.409 e. The second-order valence-electron chi connectivity index (χ2n) is 11.4. The van der Waals surface area contributed by atoms with E-state index < -0.39 is 29.6 Å². The first-order chi connectivity index (χ1) is 21.0. The number of hydrogen-bond acceptors (Lipinski definition) is 9. The highest BCUT2D eigenvalue weighted by atomic mass is 32.1. The molecule has 1 atom stereocenters. The lowest BCUT2D eigenvalue weighted by Gasteiger charge is -2.36. The molecule has 0 bridgehead atoms. The van der Waals surface area contributed by atoms with Gasteiger partial charge in [0.15, 0.2) is 0 Å². The third-order valence-electron chi connectivity index (χ3n) is 6.65. The first kappa shape index (κ1) is 34.7. The molecule has 0 saturated carbocycles. The Morgan fingerprint density at radius 1 is 1.07 bits per heavy atom. The Balaban J connectivity index is 1.79. The van der Waals surface area contributed by atoms with Crippen LogP contribution in [0.1, 0.15) is 68.7 Å². The predicted molar refractivity (Wildman–Crippen MR) is 169 cm³/mol. The smallest absolute Gasteiger partial charge is 0.409 e. The maximum absolute atomic E-state index is 13.7. The van der Waals surface area contributed by atoms with E-state index in [1.165, 1.54) is 11.3 Å². The molecule has 11 nitrogen and oxygen atoms in total. The van der Waals surface area contributed by atoms with Crippen molar-refractivity contribution in [2.24, 2.45) is 0 Å². The number of hydrogen-bond donors (Lipinski definition) is 1. The van der Waals surface area contributed by atoms with Crippen LogP contribution in [0.2, 0.25) is 0 Å². The van der Waals surface area contributed by atoms with Gasteiger partial charge in [0.05, 0.1) is 18.1 Å². The van der Waals surface area contributed by atoms with Crippen molar-refractivity contribution >= 4 is 41.3 Å². The number of thiazole rings is 1. The van der Waals surface area contributed by atoms with Gasteiger partial charge in [0.25, 0.3) is 5.91 Å². The molecule has 240 valence electrons. The van der Waals surface area contributed by atoms with Gasteiger partial charge in [-0.05, 0) is 39.7 Å². The standard InChI is InChI=1S/C32H44N4O7S/c1-6-7-22-42-31(40)36-19-17-35(18-20-36)30(39)24(15-16-26(37)43-32(2,3)4)33-28(38)27-25(14-11-21-41-5)44-29(34-27)23-12-9-8-10-13-23/h8-14,24H,6-7,15-22H2,1-5H3,(H,33,38). The van der Waals surface area contributed by atoms with Crippen molar-refractivity contribution in [3.05, 3.63) is 47.0 Å². The molecule has 1 N–H and O–H groups in total. The summed E-state index contributed by atoms with van der Waals surface area (Å²) in [4.78, 5) is 60.8. The Labute approximate surface area is 263 Å². The van der Waals surface area contributed by atoms with Crippen molar-refractivity contribution in [1.82, 2.24) is 20.1 Å². The highest BCUT2D eigenvalue weighted by molar-refractivity contribution is 7.16. The number of methoxy groups -OCH3 is 1. The fourth-order valence-electron chi connectivity index (χ4n) is 4.43. The van der Waals surface area contributed by atoms with Crippen LogP contribution in [-0.2, 0) is 23.8 Å². The number of nitrogens with zero attached hydrogens (tertiary/aromatic N) is 3. The molecule has 44 heavy (non-hydrogen) atoms. The summed E-state index contributed by atoms with van der Waals surface area (Å²) >= 11 is 1.36. The van der Waals surface area contributed by atoms with E-state index in [1.54, 1.807) is 49.8 Å². The molecule has 1 unspecified atom stereocenters. The summed E-state index contributed by atoms with van der Waals surface area (Å²) in [5.41, 5.74) is 0.359. The summed E-state index contributed by atoms with van der Waals surface area (Å²) < 4.78 is 15.9. The molecule has 1 aliphatic rings. The largest absolute Gasteiger partial charge is 0.460 e. The number of benzene rings is 1. The summed E-state index contributed by atoms with van der Waals surface area (Å²) in [5, 5.41) is 3.51. The first-order valence-corrected chi connectivity index (χ1v) is 15.8. The molecular formula is C32H44N4O7S. The Bertz CT molecular complexity index is 1280. The fourth-order valence-corrected chi connectivity index (χ4v) is 5.43. The number of esters is 1. The van der Waals surface area contributed by atoms with Gasteiger partial charge in [-0.1, -0.05) is 49.8 Å². The second kappa shape index (κ2) is 16.9. The van der Waals surface area contributed by atoms with Gasteiger partial charge >= 0.3 is 12.1 Å². The van der Waals surface area contributed by atoms with Crippen LogP contribution in [0.4, 0.5) is 4.79 Å². The van der Waals surface area contributed by atoms with Crippen LogP contribution in [0.15, 0.2) is 36.4 Å². The summed E-state index contributed by atoms with van der Waals surface area (Å²) in [6.07, 6.45) is 4.86. The van der Waals surface area contributed by atoms with Crippen molar-refractivity contribution in [1.29, 1.82) is 0 Å². The monoisotopic (exact) mass is 628 g/mol. The number of carbonyl (C=O) groups excluding carboxylic acids is 4. The average Bonchev–Trinajstić information content (AvgIpc) is 3.43. The van der Waals surface area contributed by atoms with Crippen LogP contribution in [0.3, 0.4) is 0 Å². The van der Waals surface area contributed by atoms with Gasteiger partial charge in [-0.2, -0.15) is 0 Å². The molecule has 1 saturated heterocycles. The van der Waals surface area contributed by atoms with Crippen molar-refractivity contribution in [2.45, 2.75) is 65.0 Å². The Morgan fingerprint density at radius 2 is 1.75 bits per heavy atom. The molecule has 1 aromatic heterocycles. The molecule has 1 fully saturated rings. The summed E-state index contributed by atoms with van der Waals surface area (Å²) in [6.45, 7) is 9.22. The molecule has 0 radical (unpaired) electrons. The van der Waals surface area contributed by atoms with Crippen LogP contribution in [0, 0.1) is 0 Å². The van der Waals surface area contributed by atoms with Crippen LogP contribution in [0.25, 0.3) is 16.6 Å². The Hall–Kier alpha value is -3.77. The van der Waals surface area contributed by atoms with Crippen LogP contribution in [0.5, 0.6) is 0 Å². The van der Waals surface area contributed by atoms with Crippen LogP contribution in [-0.4, -0.2) is 96.8 Å². The number of nitrogens with one attached hydrogen (secondary N) is 1. The van der Waals surface area contributed by atoms with Gasteiger partial charge < -0.3 is 29.3 Å². The topological polar surface area (TPSA) is 127 Å². The lowest BCUT2D eigenvalue weighted by molar-refractivity contribution is -0.155. The van der Waals surface area contributed by atoms with Gasteiger partial charge in [0.1, 0.15) is 22.3 Å². The molecule has 3 amide bonds. The van der Waals surface area contributed by atoms with E-state index in [0.29, 0.717) is 36.2 Å². The minimum atomic E-state index is -1.00. The molecular weight excluding hydrogens is 584 g/mol. The van der Waals surface area contributed by atoms with E-state index >= 15 is 0 Å². The molecule has 2 aromatic rings. The number of aromatic nitrogens is 1. The number of ether oxygens (including phenoxy) is 3. The van der Waals surface area contributed by atoms with Crippen molar-refractivity contribution < 1.29 is 33.4 Å². The molecule has 2 heterocycles. The van der Waals surface area contributed by atoms with Crippen molar-refractivity contribution in [3.8, 4) is 10.6 Å². The fraction of sp³-hybridized carbons (Fsp3) is 0.531. The molecule has 0 spiro atoms. The van der Waals surface area contributed by atoms with Crippen molar-refractivity contribution in [2.75, 3.05) is 46.5 Å². The van der Waals surface area contributed by atoms with Gasteiger partial charge in [0, 0.05) is 45.3 Å². The van der Waals surface area contributed by atoms with Gasteiger partial charge in [-0.15, -0.1) is 11.3 Å². The molecule has 12 heteroatoms. The maximum atomic E-state index is 13.7. The number of piperazine rings is 1. The zero-order chi connectivity index (χ0) is 32.1. The van der Waals surface area contributed by atoms with E-state index in [4.69, 9.17) is 14.2 Å². The zero-order valence-corrected chi connectivity index (χ0v) is 27.1. The van der Waals surface area contributed by atoms with E-state index in [-0.39, 0.29) is 37.5 Å². The highest BCUT2D eigenvalue weighted by Gasteiger charge is 2.32. The number of amides is 3. The Morgan fingerprint density at radius 3 is 2.39 bits per heavy atom. The normalized spacial score (nSPS) is 14.4. The van der Waals surface area contributed by atoms with E-state index in [2.05, 4.69) is 10.3 Å². The molecule has 1 aromatic carbocycles. The summed E-state index contributed by atoms with van der Waals surface area (Å²) in [7, 11) is 1.58. The zero-order valence-electron chi connectivity index (χ0n) is 26.3. The summed E-state index contributed by atoms with van der Waals surface area (Å²) in [5.74, 6) is -1.33. The van der Waals surface area contributed by atoms with Crippen LogP contribution < -0.4 is 5.32 Å². The first-order valence-electron chi connectivity index (χ1n) is 15.0. The van der Waals surface area contributed by atoms with E-state index in [0.717, 1.165) is 18.4 Å². The SMILES string of the molecule is CCCCOC(=O)N1CCN(C(=O)C(CCC(=O)OC(C)(C)C)NC(=O)c2nc(-c3ccccc3)sc2C=CCOC)CC1. The van der Waals surface area contributed by atoms with E-state index in [9.17, 15) is 19.2 Å². The van der Waals surface area contributed by atoms with Gasteiger partial charge in [0.2, 0.25) is 5.91 Å². The molecule has 3 rings (SSSR count). The van der Waals surface area contributed by atoms with Gasteiger partial charge in [-0.3, -0.25) is 14.4 Å². The van der Waals surface area contributed by atoms with E-state index in [1.807, 2.05) is 37.3 Å². The number of rotatable bonds is 13. The minimum absolute atomic E-state index is 0.0449. The quantitative estimate of drug-likeness (QED) is 0.248. The second-order valence-corrected chi connectivity index (χ2v) is 12.4. The molecule has 1 aliphatic heterocycles. The lowest BCUT2D eigenvalue weighted by Crippen LogP contribution is -2.56. The Kier molecular flexibility index (Phi) is 13.3. The third-order valence-corrected chi connectivity index (χ3v) is 7.72.